The zero-order valence-corrected chi connectivity index (χ0v) is 15.5. The van der Waals surface area contributed by atoms with Gasteiger partial charge in [0.15, 0.2) is 0 Å². The first-order chi connectivity index (χ1) is 12.0. The van der Waals surface area contributed by atoms with E-state index in [1.807, 2.05) is 19.9 Å². The molecule has 1 aromatic carbocycles. The van der Waals surface area contributed by atoms with Gasteiger partial charge in [-0.25, -0.2) is 4.79 Å². The standard InChI is InChI=1S/C19H30N4O2/c1-4-20-18(24)14-22(5-2)19(25)21-17-11-12-23(13-17)15(3)16-9-7-6-8-10-16/h6-10,15,17H,4-5,11-14H2,1-3H3,(H,20,24)(H,21,25). The van der Waals surface area contributed by atoms with Crippen LogP contribution in [0.1, 0.15) is 38.8 Å². The van der Waals surface area contributed by atoms with E-state index in [9.17, 15) is 9.59 Å². The monoisotopic (exact) mass is 346 g/mol. The van der Waals surface area contributed by atoms with Crippen molar-refractivity contribution in [3.05, 3.63) is 35.9 Å². The van der Waals surface area contributed by atoms with Crippen LogP contribution < -0.4 is 10.6 Å². The van der Waals surface area contributed by atoms with Crippen LogP contribution in [0.2, 0.25) is 0 Å². The Morgan fingerprint density at radius 2 is 2.00 bits per heavy atom. The highest BCUT2D eigenvalue weighted by Gasteiger charge is 2.29. The number of hydrogen-bond donors (Lipinski definition) is 2. The van der Waals surface area contributed by atoms with Crippen LogP contribution in [-0.2, 0) is 4.79 Å². The number of nitrogens with zero attached hydrogens (tertiary/aromatic N) is 2. The van der Waals surface area contributed by atoms with Gasteiger partial charge in [-0.2, -0.15) is 0 Å². The fourth-order valence-corrected chi connectivity index (χ4v) is 3.22. The highest BCUT2D eigenvalue weighted by molar-refractivity contribution is 5.84. The Kier molecular flexibility index (Phi) is 7.25. The van der Waals surface area contributed by atoms with Gasteiger partial charge in [-0.15, -0.1) is 0 Å². The average Bonchev–Trinajstić information content (AvgIpc) is 3.08. The fraction of sp³-hybridized carbons (Fsp3) is 0.579. The maximum atomic E-state index is 12.4. The summed E-state index contributed by atoms with van der Waals surface area (Å²) in [5.41, 5.74) is 1.29. The van der Waals surface area contributed by atoms with Crippen LogP contribution in [0.3, 0.4) is 0 Å². The van der Waals surface area contributed by atoms with Crippen molar-refractivity contribution in [2.45, 2.75) is 39.3 Å². The van der Waals surface area contributed by atoms with Crippen LogP contribution >= 0.6 is 0 Å². The number of benzene rings is 1. The molecule has 1 fully saturated rings. The number of urea groups is 1. The summed E-state index contributed by atoms with van der Waals surface area (Å²) >= 11 is 0. The molecule has 3 amide bonds. The lowest BCUT2D eigenvalue weighted by Crippen LogP contribution is -2.49. The van der Waals surface area contributed by atoms with Crippen molar-refractivity contribution < 1.29 is 9.59 Å². The lowest BCUT2D eigenvalue weighted by Gasteiger charge is -2.26. The molecule has 25 heavy (non-hydrogen) atoms. The second-order valence-electron chi connectivity index (χ2n) is 6.48. The van der Waals surface area contributed by atoms with Crippen molar-refractivity contribution >= 4 is 11.9 Å². The van der Waals surface area contributed by atoms with E-state index in [2.05, 4.69) is 46.7 Å². The van der Waals surface area contributed by atoms with Crippen LogP contribution in [0.25, 0.3) is 0 Å². The predicted molar refractivity (Wildman–Crippen MR) is 99.3 cm³/mol. The first-order valence-corrected chi connectivity index (χ1v) is 9.16. The quantitative estimate of drug-likeness (QED) is 0.794. The summed E-state index contributed by atoms with van der Waals surface area (Å²) in [6.07, 6.45) is 0.932. The van der Waals surface area contributed by atoms with Gasteiger partial charge >= 0.3 is 6.03 Å². The molecule has 0 spiro atoms. The minimum atomic E-state index is -0.159. The highest BCUT2D eigenvalue weighted by atomic mass is 16.2. The molecule has 2 N–H and O–H groups in total. The van der Waals surface area contributed by atoms with Crippen molar-refractivity contribution in [1.29, 1.82) is 0 Å². The summed E-state index contributed by atoms with van der Waals surface area (Å²) in [7, 11) is 0. The van der Waals surface area contributed by atoms with Gasteiger partial charge in [0.25, 0.3) is 0 Å². The van der Waals surface area contributed by atoms with Gasteiger partial charge in [-0.1, -0.05) is 30.3 Å². The van der Waals surface area contributed by atoms with Crippen LogP contribution in [0, 0.1) is 0 Å². The van der Waals surface area contributed by atoms with E-state index in [0.717, 1.165) is 19.5 Å². The fourth-order valence-electron chi connectivity index (χ4n) is 3.22. The number of carbonyl (C=O) groups is 2. The summed E-state index contributed by atoms with van der Waals surface area (Å²) in [5.74, 6) is -0.120. The summed E-state index contributed by atoms with van der Waals surface area (Å²) in [4.78, 5) is 28.1. The zero-order chi connectivity index (χ0) is 18.2. The number of carbonyl (C=O) groups excluding carboxylic acids is 2. The number of amides is 3. The summed E-state index contributed by atoms with van der Waals surface area (Å²) in [6.45, 7) is 8.95. The number of nitrogens with one attached hydrogen (secondary N) is 2. The maximum Gasteiger partial charge on any atom is 0.318 e. The molecule has 138 valence electrons. The predicted octanol–water partition coefficient (Wildman–Crippen LogP) is 1.99. The Labute approximate surface area is 150 Å². The Morgan fingerprint density at radius 3 is 2.64 bits per heavy atom. The van der Waals surface area contributed by atoms with Gasteiger partial charge in [0.05, 0.1) is 0 Å². The van der Waals surface area contributed by atoms with Gasteiger partial charge in [-0.3, -0.25) is 9.69 Å². The molecule has 1 heterocycles. The lowest BCUT2D eigenvalue weighted by molar-refractivity contribution is -0.121. The van der Waals surface area contributed by atoms with Gasteiger partial charge < -0.3 is 15.5 Å². The van der Waals surface area contributed by atoms with Crippen molar-refractivity contribution in [3.63, 3.8) is 0 Å². The van der Waals surface area contributed by atoms with Crippen molar-refractivity contribution in [2.24, 2.45) is 0 Å². The van der Waals surface area contributed by atoms with Crippen LogP contribution in [0.4, 0.5) is 4.79 Å². The van der Waals surface area contributed by atoms with Crippen LogP contribution in [0.5, 0.6) is 0 Å². The Hall–Kier alpha value is -2.08. The van der Waals surface area contributed by atoms with Crippen LogP contribution in [0.15, 0.2) is 30.3 Å². The third-order valence-electron chi connectivity index (χ3n) is 4.75. The first-order valence-electron chi connectivity index (χ1n) is 9.16. The number of hydrogen-bond acceptors (Lipinski definition) is 3. The van der Waals surface area contributed by atoms with Crippen LogP contribution in [-0.4, -0.2) is 60.5 Å². The Bertz CT molecular complexity index is 564. The molecule has 1 saturated heterocycles. The molecule has 0 aliphatic carbocycles. The normalized spacial score (nSPS) is 18.6. The zero-order valence-electron chi connectivity index (χ0n) is 15.5. The van der Waals surface area contributed by atoms with E-state index >= 15 is 0 Å². The largest absolute Gasteiger partial charge is 0.355 e. The van der Waals surface area contributed by atoms with E-state index in [1.54, 1.807) is 4.90 Å². The second-order valence-corrected chi connectivity index (χ2v) is 6.48. The van der Waals surface area contributed by atoms with E-state index in [-0.39, 0.29) is 24.5 Å². The molecule has 2 unspecified atom stereocenters. The second kappa shape index (κ2) is 9.42. The van der Waals surface area contributed by atoms with Gasteiger partial charge in [0.1, 0.15) is 6.54 Å². The van der Waals surface area contributed by atoms with E-state index in [1.165, 1.54) is 5.56 Å². The molecule has 1 aliphatic rings. The summed E-state index contributed by atoms with van der Waals surface area (Å²) < 4.78 is 0. The molecular weight excluding hydrogens is 316 g/mol. The minimum Gasteiger partial charge on any atom is -0.355 e. The smallest absolute Gasteiger partial charge is 0.318 e. The average molecular weight is 346 g/mol. The minimum absolute atomic E-state index is 0.104. The number of likely N-dealkylation sites (N-methyl/N-ethyl adjacent to an activating group) is 2. The van der Waals surface area contributed by atoms with Crippen molar-refractivity contribution in [2.75, 3.05) is 32.7 Å². The van der Waals surface area contributed by atoms with Gasteiger partial charge in [0, 0.05) is 38.3 Å². The SMILES string of the molecule is CCNC(=O)CN(CC)C(=O)NC1CCN(C(C)c2ccccc2)C1. The molecule has 2 atom stereocenters. The third kappa shape index (κ3) is 5.46. The van der Waals surface area contributed by atoms with E-state index in [0.29, 0.717) is 19.1 Å². The van der Waals surface area contributed by atoms with E-state index < -0.39 is 0 Å². The number of rotatable bonds is 7. The summed E-state index contributed by atoms with van der Waals surface area (Å²) in [6, 6.07) is 10.7. The van der Waals surface area contributed by atoms with Crippen molar-refractivity contribution in [3.8, 4) is 0 Å². The molecule has 0 saturated carbocycles. The molecule has 2 rings (SSSR count). The van der Waals surface area contributed by atoms with E-state index in [4.69, 9.17) is 0 Å². The topological polar surface area (TPSA) is 64.7 Å². The molecule has 1 aliphatic heterocycles. The van der Waals surface area contributed by atoms with Gasteiger partial charge in [-0.05, 0) is 32.8 Å². The third-order valence-corrected chi connectivity index (χ3v) is 4.75. The Balaban J connectivity index is 1.85. The lowest BCUT2D eigenvalue weighted by atomic mass is 10.1. The molecule has 6 heteroatoms. The molecular formula is C19H30N4O2. The molecule has 6 nitrogen and oxygen atoms in total. The number of likely N-dealkylation sites (tertiary alicyclic amines) is 1. The molecule has 0 radical (unpaired) electrons. The highest BCUT2D eigenvalue weighted by Crippen LogP contribution is 2.24. The molecule has 0 aromatic heterocycles. The first kappa shape index (κ1) is 19.2. The van der Waals surface area contributed by atoms with Crippen molar-refractivity contribution in [1.82, 2.24) is 20.4 Å². The maximum absolute atomic E-state index is 12.4. The van der Waals surface area contributed by atoms with Gasteiger partial charge in [0.2, 0.25) is 5.91 Å². The molecule has 0 bridgehead atoms. The molecule has 1 aromatic rings. The summed E-state index contributed by atoms with van der Waals surface area (Å²) in [5, 5.41) is 5.81. The Morgan fingerprint density at radius 1 is 1.28 bits per heavy atom.